The molecule has 1 aliphatic heterocycles. The Labute approximate surface area is 112 Å². The molecule has 1 heterocycles. The Bertz CT molecular complexity index is 270. The molecule has 1 aliphatic rings. The van der Waals surface area contributed by atoms with Crippen molar-refractivity contribution in [1.82, 2.24) is 10.6 Å². The molecule has 0 aliphatic carbocycles. The number of piperidine rings is 1. The molecule has 18 heavy (non-hydrogen) atoms. The van der Waals surface area contributed by atoms with E-state index in [2.05, 4.69) is 45.3 Å². The highest BCUT2D eigenvalue weighted by atomic mass is 16.1. The minimum atomic E-state index is 0.192. The van der Waals surface area contributed by atoms with E-state index in [-0.39, 0.29) is 11.3 Å². The topological polar surface area (TPSA) is 41.1 Å². The molecule has 0 aromatic carbocycles. The third-order valence-electron chi connectivity index (χ3n) is 4.42. The highest BCUT2D eigenvalue weighted by molar-refractivity contribution is 5.76. The van der Waals surface area contributed by atoms with Gasteiger partial charge >= 0.3 is 0 Å². The number of hydrogen-bond acceptors (Lipinski definition) is 2. The third-order valence-corrected chi connectivity index (χ3v) is 4.42. The van der Waals surface area contributed by atoms with Crippen LogP contribution < -0.4 is 10.6 Å². The highest BCUT2D eigenvalue weighted by Gasteiger charge is 2.24. The van der Waals surface area contributed by atoms with Gasteiger partial charge in [-0.05, 0) is 36.6 Å². The quantitative estimate of drug-likeness (QED) is 0.809. The van der Waals surface area contributed by atoms with Crippen molar-refractivity contribution in [3.63, 3.8) is 0 Å². The number of hydrogen-bond donors (Lipinski definition) is 2. The summed E-state index contributed by atoms with van der Waals surface area (Å²) < 4.78 is 0. The SMILES string of the molecule is CC1CCCNC1CC(=O)NCC(C)C(C)(C)C. The summed E-state index contributed by atoms with van der Waals surface area (Å²) in [5.74, 6) is 1.31. The van der Waals surface area contributed by atoms with E-state index >= 15 is 0 Å². The second-order valence-electron chi connectivity index (χ2n) is 6.96. The summed E-state index contributed by atoms with van der Waals surface area (Å²) in [4.78, 5) is 11.9. The predicted octanol–water partition coefficient (Wildman–Crippen LogP) is 2.56. The summed E-state index contributed by atoms with van der Waals surface area (Å²) in [6.45, 7) is 12.9. The van der Waals surface area contributed by atoms with Crippen molar-refractivity contribution < 1.29 is 4.79 Å². The van der Waals surface area contributed by atoms with Gasteiger partial charge in [-0.25, -0.2) is 0 Å². The lowest BCUT2D eigenvalue weighted by molar-refractivity contribution is -0.122. The van der Waals surface area contributed by atoms with E-state index in [4.69, 9.17) is 0 Å². The van der Waals surface area contributed by atoms with Crippen molar-refractivity contribution in [3.05, 3.63) is 0 Å². The number of nitrogens with one attached hydrogen (secondary N) is 2. The van der Waals surface area contributed by atoms with E-state index < -0.39 is 0 Å². The van der Waals surface area contributed by atoms with E-state index in [1.54, 1.807) is 0 Å². The normalized spacial score (nSPS) is 26.7. The van der Waals surface area contributed by atoms with Gasteiger partial charge in [-0.15, -0.1) is 0 Å². The Kier molecular flexibility index (Phi) is 5.64. The first-order valence-electron chi connectivity index (χ1n) is 7.30. The average molecular weight is 254 g/mol. The van der Waals surface area contributed by atoms with Crippen LogP contribution in [0.2, 0.25) is 0 Å². The summed E-state index contributed by atoms with van der Waals surface area (Å²) >= 11 is 0. The molecule has 106 valence electrons. The molecule has 1 saturated heterocycles. The Morgan fingerprint density at radius 2 is 2.11 bits per heavy atom. The third kappa shape index (κ3) is 4.97. The Morgan fingerprint density at radius 1 is 1.44 bits per heavy atom. The lowest BCUT2D eigenvalue weighted by atomic mass is 9.82. The Morgan fingerprint density at radius 3 is 2.67 bits per heavy atom. The summed E-state index contributed by atoms with van der Waals surface area (Å²) in [5, 5.41) is 6.53. The second-order valence-corrected chi connectivity index (χ2v) is 6.96. The van der Waals surface area contributed by atoms with Gasteiger partial charge in [-0.2, -0.15) is 0 Å². The van der Waals surface area contributed by atoms with Gasteiger partial charge in [-0.1, -0.05) is 34.6 Å². The van der Waals surface area contributed by atoms with Gasteiger partial charge in [-0.3, -0.25) is 4.79 Å². The number of carbonyl (C=O) groups excluding carboxylic acids is 1. The first-order valence-corrected chi connectivity index (χ1v) is 7.30. The molecule has 1 amide bonds. The molecule has 3 nitrogen and oxygen atoms in total. The second kappa shape index (κ2) is 6.55. The number of rotatable bonds is 4. The fourth-order valence-electron chi connectivity index (χ4n) is 2.23. The molecule has 0 aromatic rings. The van der Waals surface area contributed by atoms with Crippen LogP contribution in [0.15, 0.2) is 0 Å². The van der Waals surface area contributed by atoms with Crippen LogP contribution in [-0.4, -0.2) is 25.0 Å². The maximum Gasteiger partial charge on any atom is 0.221 e. The molecule has 0 bridgehead atoms. The van der Waals surface area contributed by atoms with Crippen molar-refractivity contribution in [3.8, 4) is 0 Å². The van der Waals surface area contributed by atoms with Crippen molar-refractivity contribution in [1.29, 1.82) is 0 Å². The monoisotopic (exact) mass is 254 g/mol. The van der Waals surface area contributed by atoms with Crippen molar-refractivity contribution >= 4 is 5.91 Å². The lowest BCUT2D eigenvalue weighted by Crippen LogP contribution is -2.44. The van der Waals surface area contributed by atoms with Gasteiger partial charge in [0, 0.05) is 19.0 Å². The molecule has 0 spiro atoms. The average Bonchev–Trinajstić information content (AvgIpc) is 2.27. The van der Waals surface area contributed by atoms with Crippen molar-refractivity contribution in [2.45, 2.75) is 59.9 Å². The zero-order chi connectivity index (χ0) is 13.8. The number of carbonyl (C=O) groups is 1. The van der Waals surface area contributed by atoms with Crippen molar-refractivity contribution in [2.75, 3.05) is 13.1 Å². The molecule has 1 rings (SSSR count). The highest BCUT2D eigenvalue weighted by Crippen LogP contribution is 2.24. The van der Waals surface area contributed by atoms with E-state index in [1.807, 2.05) is 0 Å². The molecular formula is C15H30N2O. The Hall–Kier alpha value is -0.570. The molecule has 1 fully saturated rings. The van der Waals surface area contributed by atoms with Crippen LogP contribution in [0.5, 0.6) is 0 Å². The largest absolute Gasteiger partial charge is 0.356 e. The molecule has 3 unspecified atom stereocenters. The predicted molar refractivity (Wildman–Crippen MR) is 76.4 cm³/mol. The van der Waals surface area contributed by atoms with Crippen LogP contribution in [-0.2, 0) is 4.79 Å². The number of amides is 1. The molecule has 2 N–H and O–H groups in total. The van der Waals surface area contributed by atoms with E-state index in [9.17, 15) is 4.79 Å². The summed E-state index contributed by atoms with van der Waals surface area (Å²) in [7, 11) is 0. The van der Waals surface area contributed by atoms with Gasteiger partial charge in [0.15, 0.2) is 0 Å². The maximum atomic E-state index is 11.9. The molecule has 0 saturated carbocycles. The van der Waals surface area contributed by atoms with Gasteiger partial charge in [0.1, 0.15) is 0 Å². The van der Waals surface area contributed by atoms with Crippen LogP contribution in [0, 0.1) is 17.3 Å². The summed E-state index contributed by atoms with van der Waals surface area (Å²) in [6, 6.07) is 0.365. The first kappa shape index (κ1) is 15.5. The fourth-order valence-corrected chi connectivity index (χ4v) is 2.23. The van der Waals surface area contributed by atoms with E-state index in [0.717, 1.165) is 13.1 Å². The van der Waals surface area contributed by atoms with Crippen molar-refractivity contribution in [2.24, 2.45) is 17.3 Å². The van der Waals surface area contributed by atoms with Gasteiger partial charge in [0.25, 0.3) is 0 Å². The minimum Gasteiger partial charge on any atom is -0.356 e. The van der Waals surface area contributed by atoms with Crippen LogP contribution >= 0.6 is 0 Å². The Balaban J connectivity index is 2.29. The van der Waals surface area contributed by atoms with Gasteiger partial charge in [0.2, 0.25) is 5.91 Å². The van der Waals surface area contributed by atoms with E-state index in [1.165, 1.54) is 12.8 Å². The molecule has 3 atom stereocenters. The zero-order valence-corrected chi connectivity index (χ0v) is 12.7. The van der Waals surface area contributed by atoms with Crippen LogP contribution in [0.25, 0.3) is 0 Å². The first-order chi connectivity index (χ1) is 8.30. The van der Waals surface area contributed by atoms with E-state index in [0.29, 0.717) is 24.3 Å². The summed E-state index contributed by atoms with van der Waals surface area (Å²) in [5.41, 5.74) is 0.254. The zero-order valence-electron chi connectivity index (χ0n) is 12.7. The lowest BCUT2D eigenvalue weighted by Gasteiger charge is -2.30. The summed E-state index contributed by atoms with van der Waals surface area (Å²) in [6.07, 6.45) is 3.10. The smallest absolute Gasteiger partial charge is 0.221 e. The van der Waals surface area contributed by atoms with Gasteiger partial charge in [0.05, 0.1) is 0 Å². The molecular weight excluding hydrogens is 224 g/mol. The maximum absolute atomic E-state index is 11.9. The van der Waals surface area contributed by atoms with Crippen LogP contribution in [0.1, 0.15) is 53.9 Å². The van der Waals surface area contributed by atoms with Crippen LogP contribution in [0.4, 0.5) is 0 Å². The standard InChI is InChI=1S/C15H30N2O/c1-11-7-6-8-16-13(11)9-14(18)17-10-12(2)15(3,4)5/h11-13,16H,6-10H2,1-5H3,(H,17,18). The minimum absolute atomic E-state index is 0.192. The fraction of sp³-hybridized carbons (Fsp3) is 0.933. The molecule has 3 heteroatoms. The molecule has 0 aromatic heterocycles. The van der Waals surface area contributed by atoms with Crippen LogP contribution in [0.3, 0.4) is 0 Å². The van der Waals surface area contributed by atoms with Gasteiger partial charge < -0.3 is 10.6 Å². The molecule has 0 radical (unpaired) electrons.